The van der Waals surface area contributed by atoms with E-state index in [9.17, 15) is 30.7 Å². The van der Waals surface area contributed by atoms with Gasteiger partial charge in [-0.3, -0.25) is 5.73 Å². The van der Waals surface area contributed by atoms with Crippen molar-refractivity contribution >= 4 is 0 Å². The fraction of sp³-hybridized carbons (Fsp3) is 1.00. The van der Waals surface area contributed by atoms with Gasteiger partial charge in [-0.1, -0.05) is 0 Å². The van der Waals surface area contributed by atoms with Crippen molar-refractivity contribution in [3.63, 3.8) is 0 Å². The van der Waals surface area contributed by atoms with Gasteiger partial charge in [-0.2, -0.15) is 22.0 Å². The summed E-state index contributed by atoms with van der Waals surface area (Å²) in [6, 6.07) is 0. The smallest absolute Gasteiger partial charge is 0.299 e. The minimum absolute atomic E-state index is 3.36. The molecule has 0 fully saturated rings. The average Bonchev–Trinajstić information content (AvgIpc) is 1.83. The first-order valence-corrected chi connectivity index (χ1v) is 2.59. The van der Waals surface area contributed by atoms with Gasteiger partial charge >= 0.3 is 12.1 Å². The molecule has 0 heterocycles. The summed E-state index contributed by atoms with van der Waals surface area (Å²) in [5.41, 5.74) is 3.90. The van der Waals surface area contributed by atoms with Crippen molar-refractivity contribution in [1.82, 2.24) is 0 Å². The minimum Gasteiger partial charge on any atom is -0.299 e. The van der Waals surface area contributed by atoms with Crippen molar-refractivity contribution in [3.05, 3.63) is 0 Å². The summed E-state index contributed by atoms with van der Waals surface area (Å²) >= 11 is 0. The van der Waals surface area contributed by atoms with Gasteiger partial charge in [-0.15, -0.1) is 0 Å². The maximum Gasteiger partial charge on any atom is 0.456 e. The van der Waals surface area contributed by atoms with E-state index < -0.39 is 24.6 Å². The van der Waals surface area contributed by atoms with Crippen LogP contribution in [0.4, 0.5) is 30.7 Å². The standard InChI is InChI=1S/C4H4F7N/c5-1(2(6)12)3(7,8)4(9,10)11/h1-2H,12H2. The monoisotopic (exact) mass is 199 g/mol. The lowest BCUT2D eigenvalue weighted by Gasteiger charge is -2.23. The molecule has 0 bridgehead atoms. The number of alkyl halides is 7. The Balaban J connectivity index is 4.61. The van der Waals surface area contributed by atoms with E-state index in [-0.39, 0.29) is 0 Å². The fourth-order valence-electron chi connectivity index (χ4n) is 0.356. The topological polar surface area (TPSA) is 26.0 Å². The summed E-state index contributed by atoms with van der Waals surface area (Å²) in [4.78, 5) is 0. The summed E-state index contributed by atoms with van der Waals surface area (Å²) in [7, 11) is 0. The van der Waals surface area contributed by atoms with Gasteiger partial charge in [0, 0.05) is 0 Å². The van der Waals surface area contributed by atoms with Crippen LogP contribution in [0.3, 0.4) is 0 Å². The van der Waals surface area contributed by atoms with Crippen LogP contribution in [-0.2, 0) is 0 Å². The first-order valence-electron chi connectivity index (χ1n) is 2.59. The van der Waals surface area contributed by atoms with Crippen molar-refractivity contribution in [1.29, 1.82) is 0 Å². The molecule has 2 atom stereocenters. The Morgan fingerprint density at radius 1 is 0.917 bits per heavy atom. The molecular formula is C4H4F7N. The summed E-state index contributed by atoms with van der Waals surface area (Å²) < 4.78 is 80.6. The molecule has 0 aliphatic rings. The predicted molar refractivity (Wildman–Crippen MR) is 25.0 cm³/mol. The number of hydrogen-bond donors (Lipinski definition) is 1. The largest absolute Gasteiger partial charge is 0.456 e. The zero-order chi connectivity index (χ0) is 10.2. The highest BCUT2D eigenvalue weighted by Crippen LogP contribution is 2.40. The maximum atomic E-state index is 11.8. The lowest BCUT2D eigenvalue weighted by Crippen LogP contribution is -2.51. The van der Waals surface area contributed by atoms with Gasteiger partial charge in [0.05, 0.1) is 0 Å². The minimum atomic E-state index is -6.13. The highest BCUT2D eigenvalue weighted by molar-refractivity contribution is 4.86. The molecule has 0 aromatic carbocycles. The number of hydrogen-bond acceptors (Lipinski definition) is 1. The summed E-state index contributed by atoms with van der Waals surface area (Å²) in [5.74, 6) is -5.75. The zero-order valence-electron chi connectivity index (χ0n) is 5.38. The van der Waals surface area contributed by atoms with Gasteiger partial charge in [0.1, 0.15) is 0 Å². The van der Waals surface area contributed by atoms with E-state index in [1.165, 1.54) is 0 Å². The van der Waals surface area contributed by atoms with E-state index >= 15 is 0 Å². The van der Waals surface area contributed by atoms with Crippen LogP contribution in [-0.4, -0.2) is 24.6 Å². The van der Waals surface area contributed by atoms with Crippen LogP contribution in [0.1, 0.15) is 0 Å². The van der Waals surface area contributed by atoms with E-state index in [1.807, 2.05) is 0 Å². The fourth-order valence-corrected chi connectivity index (χ4v) is 0.356. The second-order valence-corrected chi connectivity index (χ2v) is 1.97. The third-order valence-corrected chi connectivity index (χ3v) is 1.00. The highest BCUT2D eigenvalue weighted by Gasteiger charge is 2.65. The average molecular weight is 199 g/mol. The Bertz CT molecular complexity index is 150. The van der Waals surface area contributed by atoms with Gasteiger partial charge in [0.15, 0.2) is 6.30 Å². The number of nitrogens with two attached hydrogens (primary N) is 1. The molecular weight excluding hydrogens is 195 g/mol. The molecule has 0 saturated heterocycles. The van der Waals surface area contributed by atoms with Gasteiger partial charge in [-0.05, 0) is 0 Å². The van der Waals surface area contributed by atoms with Crippen LogP contribution in [0, 0.1) is 0 Å². The molecule has 0 saturated carbocycles. The molecule has 2 unspecified atom stereocenters. The predicted octanol–water partition coefficient (Wildman–Crippen LogP) is 1.78. The molecule has 0 aromatic rings. The summed E-state index contributed by atoms with van der Waals surface area (Å²) in [6.45, 7) is 0. The molecule has 0 rings (SSSR count). The Morgan fingerprint density at radius 3 is 1.33 bits per heavy atom. The van der Waals surface area contributed by atoms with Crippen LogP contribution in [0.2, 0.25) is 0 Å². The van der Waals surface area contributed by atoms with E-state index in [2.05, 4.69) is 5.73 Å². The lowest BCUT2D eigenvalue weighted by molar-refractivity contribution is -0.309. The molecule has 12 heavy (non-hydrogen) atoms. The SMILES string of the molecule is NC(F)C(F)C(F)(F)C(F)(F)F. The lowest BCUT2D eigenvalue weighted by atomic mass is 10.2. The van der Waals surface area contributed by atoms with E-state index in [1.54, 1.807) is 0 Å². The van der Waals surface area contributed by atoms with Crippen LogP contribution < -0.4 is 5.73 Å². The molecule has 8 heteroatoms. The Hall–Kier alpha value is -0.530. The molecule has 74 valence electrons. The molecule has 0 spiro atoms. The summed E-state index contributed by atoms with van der Waals surface area (Å²) in [5, 5.41) is 0. The maximum absolute atomic E-state index is 11.8. The molecule has 0 aliphatic carbocycles. The Morgan fingerprint density at radius 2 is 1.25 bits per heavy atom. The molecule has 1 nitrogen and oxygen atoms in total. The quantitative estimate of drug-likeness (QED) is 0.532. The van der Waals surface area contributed by atoms with Crippen molar-refractivity contribution in [3.8, 4) is 0 Å². The third-order valence-electron chi connectivity index (χ3n) is 1.00. The molecule has 0 aliphatic heterocycles. The van der Waals surface area contributed by atoms with Crippen molar-refractivity contribution < 1.29 is 30.7 Å². The molecule has 2 N–H and O–H groups in total. The normalized spacial score (nSPS) is 19.0. The van der Waals surface area contributed by atoms with Gasteiger partial charge in [0.2, 0.25) is 6.17 Å². The van der Waals surface area contributed by atoms with Crippen LogP contribution >= 0.6 is 0 Å². The second-order valence-electron chi connectivity index (χ2n) is 1.97. The van der Waals surface area contributed by atoms with Crippen LogP contribution in [0.5, 0.6) is 0 Å². The third kappa shape index (κ3) is 1.99. The molecule has 0 radical (unpaired) electrons. The van der Waals surface area contributed by atoms with Crippen molar-refractivity contribution in [2.45, 2.75) is 24.6 Å². The molecule has 0 amide bonds. The van der Waals surface area contributed by atoms with E-state index in [0.29, 0.717) is 0 Å². The summed E-state index contributed by atoms with van der Waals surface area (Å²) in [6.07, 6.45) is -13.6. The van der Waals surface area contributed by atoms with E-state index in [4.69, 9.17) is 0 Å². The first-order chi connectivity index (χ1) is 5.10. The van der Waals surface area contributed by atoms with Crippen molar-refractivity contribution in [2.75, 3.05) is 0 Å². The van der Waals surface area contributed by atoms with Crippen LogP contribution in [0.25, 0.3) is 0 Å². The second kappa shape index (κ2) is 3.08. The number of rotatable bonds is 2. The van der Waals surface area contributed by atoms with E-state index in [0.717, 1.165) is 0 Å². The Labute approximate surface area is 62.3 Å². The van der Waals surface area contributed by atoms with Crippen LogP contribution in [0.15, 0.2) is 0 Å². The van der Waals surface area contributed by atoms with Gasteiger partial charge in [-0.25, -0.2) is 8.78 Å². The highest BCUT2D eigenvalue weighted by atomic mass is 19.4. The van der Waals surface area contributed by atoms with Gasteiger partial charge < -0.3 is 0 Å². The Kier molecular flexibility index (Phi) is 2.94. The van der Waals surface area contributed by atoms with Gasteiger partial charge in [0.25, 0.3) is 0 Å². The first kappa shape index (κ1) is 11.5. The number of halogens is 7. The zero-order valence-corrected chi connectivity index (χ0v) is 5.38. The van der Waals surface area contributed by atoms with Crippen molar-refractivity contribution in [2.24, 2.45) is 5.73 Å². The molecule has 0 aromatic heterocycles.